The molecular formula is C28H31N5O2S. The molecule has 3 N–H and O–H groups in total. The largest absolute Gasteiger partial charge is 0.437 e. The van der Waals surface area contributed by atoms with Crippen LogP contribution in [0.25, 0.3) is 10.2 Å². The van der Waals surface area contributed by atoms with Gasteiger partial charge >= 0.3 is 0 Å². The Hall–Kier alpha value is -3.49. The van der Waals surface area contributed by atoms with Gasteiger partial charge in [0, 0.05) is 31.2 Å². The highest BCUT2D eigenvalue weighted by atomic mass is 32.1. The van der Waals surface area contributed by atoms with Crippen molar-refractivity contribution < 1.29 is 9.53 Å². The summed E-state index contributed by atoms with van der Waals surface area (Å²) in [5.41, 5.74) is 11.4. The molecule has 0 aliphatic carbocycles. The third-order valence-electron chi connectivity index (χ3n) is 6.61. The minimum absolute atomic E-state index is 0.282. The van der Waals surface area contributed by atoms with Gasteiger partial charge < -0.3 is 15.8 Å². The molecule has 1 amide bonds. The van der Waals surface area contributed by atoms with E-state index < -0.39 is 5.91 Å². The maximum absolute atomic E-state index is 11.5. The van der Waals surface area contributed by atoms with E-state index >= 15 is 0 Å². The van der Waals surface area contributed by atoms with Gasteiger partial charge in [-0.15, -0.1) is 11.3 Å². The fraction of sp³-hybridized carbons (Fsp3) is 0.321. The number of hydrogen-bond donors (Lipinski definition) is 2. The number of nitrogens with two attached hydrogens (primary N) is 1. The van der Waals surface area contributed by atoms with Crippen molar-refractivity contribution in [1.82, 2.24) is 14.9 Å². The quantitative estimate of drug-likeness (QED) is 0.343. The van der Waals surface area contributed by atoms with Gasteiger partial charge in [0.1, 0.15) is 10.4 Å². The summed E-state index contributed by atoms with van der Waals surface area (Å²) in [7, 11) is 0. The van der Waals surface area contributed by atoms with Gasteiger partial charge in [0.15, 0.2) is 0 Å². The molecule has 186 valence electrons. The molecule has 36 heavy (non-hydrogen) atoms. The summed E-state index contributed by atoms with van der Waals surface area (Å²) in [5.74, 6) is 1.66. The van der Waals surface area contributed by atoms with Crippen LogP contribution in [0.1, 0.15) is 45.5 Å². The number of aryl methyl sites for hydroxylation is 3. The second kappa shape index (κ2) is 10.2. The molecule has 3 heterocycles. The van der Waals surface area contributed by atoms with Crippen molar-refractivity contribution >= 4 is 33.4 Å². The third-order valence-corrected chi connectivity index (χ3v) is 7.51. The number of primary amides is 1. The smallest absolute Gasteiger partial charge is 0.248 e. The first-order valence-corrected chi connectivity index (χ1v) is 13.1. The van der Waals surface area contributed by atoms with Crippen molar-refractivity contribution in [3.05, 3.63) is 75.7 Å². The Morgan fingerprint density at radius 2 is 1.86 bits per heavy atom. The summed E-state index contributed by atoms with van der Waals surface area (Å²) in [5, 5.41) is 5.57. The molecule has 0 unspecified atom stereocenters. The zero-order valence-electron chi connectivity index (χ0n) is 20.9. The Bertz CT molecular complexity index is 1390. The number of fused-ring (bicyclic) bond motifs is 1. The van der Waals surface area contributed by atoms with Crippen LogP contribution in [-0.2, 0) is 6.54 Å². The molecule has 1 aliphatic rings. The van der Waals surface area contributed by atoms with Gasteiger partial charge in [0.2, 0.25) is 17.7 Å². The topological polar surface area (TPSA) is 93.4 Å². The number of hydrogen-bond acceptors (Lipinski definition) is 7. The van der Waals surface area contributed by atoms with Crippen molar-refractivity contribution in [2.24, 2.45) is 5.73 Å². The number of carbonyl (C=O) groups is 1. The SMILES string of the molecule is Cc1cc(C)c(Oc2nc(NC3CCN(Cc4cccc(C(N)=O)c4)CC3)nc3ccsc23)c(C)c1. The lowest BCUT2D eigenvalue weighted by Gasteiger charge is -2.32. The lowest BCUT2D eigenvalue weighted by atomic mass is 10.0. The van der Waals surface area contributed by atoms with Gasteiger partial charge in [-0.3, -0.25) is 9.69 Å². The monoisotopic (exact) mass is 501 g/mol. The van der Waals surface area contributed by atoms with Crippen LogP contribution < -0.4 is 15.8 Å². The first-order valence-electron chi connectivity index (χ1n) is 12.2. The highest BCUT2D eigenvalue weighted by Crippen LogP contribution is 2.35. The maximum Gasteiger partial charge on any atom is 0.248 e. The van der Waals surface area contributed by atoms with E-state index in [4.69, 9.17) is 20.4 Å². The molecule has 2 aromatic carbocycles. The average molecular weight is 502 g/mol. The minimum Gasteiger partial charge on any atom is -0.437 e. The van der Waals surface area contributed by atoms with Gasteiger partial charge in [-0.2, -0.15) is 4.98 Å². The number of nitrogens with zero attached hydrogens (tertiary/aromatic N) is 3. The second-order valence-electron chi connectivity index (χ2n) is 9.58. The summed E-state index contributed by atoms with van der Waals surface area (Å²) in [6, 6.07) is 14.1. The van der Waals surface area contributed by atoms with E-state index in [1.54, 1.807) is 17.4 Å². The van der Waals surface area contributed by atoms with Crippen molar-refractivity contribution in [2.45, 2.75) is 46.2 Å². The summed E-state index contributed by atoms with van der Waals surface area (Å²) in [4.78, 5) is 23.4. The standard InChI is InChI=1S/C28H31N5O2S/c1-17-13-18(2)24(19(3)14-17)35-27-25-23(9-12-36-25)31-28(32-27)30-22-7-10-33(11-8-22)16-20-5-4-6-21(15-20)26(29)34/h4-6,9,12-15,22H,7-8,10-11,16H2,1-3H3,(H2,29,34)(H,30,31,32). The highest BCUT2D eigenvalue weighted by Gasteiger charge is 2.21. The van der Waals surface area contributed by atoms with Crippen LogP contribution in [0.5, 0.6) is 11.6 Å². The van der Waals surface area contributed by atoms with Gasteiger partial charge in [-0.1, -0.05) is 29.8 Å². The molecule has 1 fully saturated rings. The van der Waals surface area contributed by atoms with Crippen LogP contribution in [0.4, 0.5) is 5.95 Å². The first kappa shape index (κ1) is 24.2. The minimum atomic E-state index is -0.390. The molecule has 5 rings (SSSR count). The Labute approximate surface area is 215 Å². The highest BCUT2D eigenvalue weighted by molar-refractivity contribution is 7.17. The lowest BCUT2D eigenvalue weighted by molar-refractivity contribution is 0.1000. The Morgan fingerprint density at radius 3 is 2.58 bits per heavy atom. The van der Waals surface area contributed by atoms with E-state index in [1.807, 2.05) is 29.6 Å². The summed E-state index contributed by atoms with van der Waals surface area (Å²) >= 11 is 1.59. The van der Waals surface area contributed by atoms with E-state index in [9.17, 15) is 4.79 Å². The number of aromatic nitrogens is 2. The molecule has 7 nitrogen and oxygen atoms in total. The van der Waals surface area contributed by atoms with E-state index in [2.05, 4.69) is 43.1 Å². The van der Waals surface area contributed by atoms with Crippen LogP contribution in [0.2, 0.25) is 0 Å². The number of ether oxygens (including phenoxy) is 1. The van der Waals surface area contributed by atoms with E-state index in [0.717, 1.165) is 65.1 Å². The summed E-state index contributed by atoms with van der Waals surface area (Å²) in [6.07, 6.45) is 1.96. The number of likely N-dealkylation sites (tertiary alicyclic amines) is 1. The molecule has 0 atom stereocenters. The third kappa shape index (κ3) is 5.34. The number of rotatable bonds is 7. The van der Waals surface area contributed by atoms with Crippen LogP contribution >= 0.6 is 11.3 Å². The van der Waals surface area contributed by atoms with E-state index in [-0.39, 0.29) is 6.04 Å². The second-order valence-corrected chi connectivity index (χ2v) is 10.5. The van der Waals surface area contributed by atoms with Gasteiger partial charge in [0.25, 0.3) is 0 Å². The molecule has 2 aromatic heterocycles. The Morgan fingerprint density at radius 1 is 1.11 bits per heavy atom. The maximum atomic E-state index is 11.5. The predicted molar refractivity (Wildman–Crippen MR) is 145 cm³/mol. The molecule has 0 bridgehead atoms. The number of carbonyl (C=O) groups excluding carboxylic acids is 1. The number of piperidine rings is 1. The van der Waals surface area contributed by atoms with Crippen molar-refractivity contribution in [1.29, 1.82) is 0 Å². The fourth-order valence-electron chi connectivity index (χ4n) is 4.89. The van der Waals surface area contributed by atoms with E-state index in [1.165, 1.54) is 5.56 Å². The summed E-state index contributed by atoms with van der Waals surface area (Å²) in [6.45, 7) is 8.93. The van der Waals surface area contributed by atoms with Crippen molar-refractivity contribution in [3.63, 3.8) is 0 Å². The Balaban J connectivity index is 1.27. The predicted octanol–water partition coefficient (Wildman–Crippen LogP) is 5.58. The molecule has 0 radical (unpaired) electrons. The number of anilines is 1. The van der Waals surface area contributed by atoms with Gasteiger partial charge in [-0.25, -0.2) is 4.98 Å². The first-order chi connectivity index (χ1) is 17.4. The van der Waals surface area contributed by atoms with E-state index in [0.29, 0.717) is 17.4 Å². The molecular weight excluding hydrogens is 470 g/mol. The molecule has 0 saturated carbocycles. The van der Waals surface area contributed by atoms with Gasteiger partial charge in [-0.05, 0) is 73.9 Å². The normalized spacial score (nSPS) is 14.8. The molecule has 0 spiro atoms. The van der Waals surface area contributed by atoms with Crippen LogP contribution in [0.3, 0.4) is 0 Å². The molecule has 4 aromatic rings. The summed E-state index contributed by atoms with van der Waals surface area (Å²) < 4.78 is 7.34. The van der Waals surface area contributed by atoms with Crippen molar-refractivity contribution in [3.8, 4) is 11.6 Å². The fourth-order valence-corrected chi connectivity index (χ4v) is 5.65. The average Bonchev–Trinajstić information content (AvgIpc) is 3.32. The zero-order valence-corrected chi connectivity index (χ0v) is 21.7. The zero-order chi connectivity index (χ0) is 25.2. The molecule has 8 heteroatoms. The van der Waals surface area contributed by atoms with Crippen LogP contribution in [-0.4, -0.2) is 39.9 Å². The van der Waals surface area contributed by atoms with Gasteiger partial charge in [0.05, 0.1) is 5.52 Å². The number of thiophene rings is 1. The van der Waals surface area contributed by atoms with Crippen LogP contribution in [0, 0.1) is 20.8 Å². The Kier molecular flexibility index (Phi) is 6.89. The molecule has 1 saturated heterocycles. The number of nitrogens with one attached hydrogen (secondary N) is 1. The molecule has 1 aliphatic heterocycles. The number of amides is 1. The number of benzene rings is 2. The van der Waals surface area contributed by atoms with Crippen LogP contribution in [0.15, 0.2) is 47.8 Å². The lowest BCUT2D eigenvalue weighted by Crippen LogP contribution is -2.39. The van der Waals surface area contributed by atoms with Crippen molar-refractivity contribution in [2.75, 3.05) is 18.4 Å².